The largest absolute Gasteiger partial charge is 0.481 e. The number of nitrogens with one attached hydrogen (secondary N) is 1. The van der Waals surface area contributed by atoms with Crippen LogP contribution < -0.4 is 5.32 Å². The Bertz CT molecular complexity index is 450. The zero-order valence-electron chi connectivity index (χ0n) is 12.5. The van der Waals surface area contributed by atoms with Crippen LogP contribution in [0.5, 0.6) is 0 Å². The van der Waals surface area contributed by atoms with Crippen molar-refractivity contribution in [3.63, 3.8) is 0 Å². The number of amides is 2. The number of urea groups is 1. The van der Waals surface area contributed by atoms with Gasteiger partial charge in [-0.15, -0.1) is 11.3 Å². The number of ether oxygens (including phenoxy) is 1. The summed E-state index contributed by atoms with van der Waals surface area (Å²) < 4.78 is 5.02. The molecule has 7 heteroatoms. The van der Waals surface area contributed by atoms with Crippen LogP contribution in [0.15, 0.2) is 17.5 Å². The van der Waals surface area contributed by atoms with Gasteiger partial charge in [0.1, 0.15) is 0 Å². The van der Waals surface area contributed by atoms with Gasteiger partial charge in [0, 0.05) is 38.0 Å². The lowest BCUT2D eigenvalue weighted by Crippen LogP contribution is -2.45. The van der Waals surface area contributed by atoms with Gasteiger partial charge in [-0.3, -0.25) is 4.79 Å². The molecule has 0 saturated carbocycles. The van der Waals surface area contributed by atoms with Gasteiger partial charge in [-0.05, 0) is 18.4 Å². The molecule has 118 valence electrons. The number of methoxy groups -OCH3 is 1. The molecule has 21 heavy (non-hydrogen) atoms. The highest BCUT2D eigenvalue weighted by molar-refractivity contribution is 7.09. The maximum Gasteiger partial charge on any atom is 0.317 e. The lowest BCUT2D eigenvalue weighted by molar-refractivity contribution is -0.139. The summed E-state index contributed by atoms with van der Waals surface area (Å²) >= 11 is 1.67. The summed E-state index contributed by atoms with van der Waals surface area (Å²) in [4.78, 5) is 25.5. The molecule has 0 spiro atoms. The third-order valence-electron chi connectivity index (χ3n) is 3.27. The Morgan fingerprint density at radius 3 is 2.76 bits per heavy atom. The highest BCUT2D eigenvalue weighted by atomic mass is 32.1. The number of carbonyl (C=O) groups is 2. The highest BCUT2D eigenvalue weighted by Gasteiger charge is 2.18. The molecule has 1 aromatic heterocycles. The standard InChI is InChI=1S/C14H22N2O4S/c1-10(7-12-5-4-6-21-12)16(2)14(19)15-9-11(20-3)8-13(17)18/h4-6,10-11H,7-9H2,1-3H3,(H,15,19)(H,17,18). The summed E-state index contributed by atoms with van der Waals surface area (Å²) in [6.45, 7) is 2.15. The molecule has 6 nitrogen and oxygen atoms in total. The second kappa shape index (κ2) is 8.63. The van der Waals surface area contributed by atoms with E-state index in [1.165, 1.54) is 12.0 Å². The van der Waals surface area contributed by atoms with E-state index in [1.807, 2.05) is 24.4 Å². The normalized spacial score (nSPS) is 13.5. The van der Waals surface area contributed by atoms with Crippen molar-refractivity contribution in [2.75, 3.05) is 20.7 Å². The Labute approximate surface area is 128 Å². The third-order valence-corrected chi connectivity index (χ3v) is 4.17. The molecule has 1 aromatic rings. The highest BCUT2D eigenvalue weighted by Crippen LogP contribution is 2.13. The first kappa shape index (κ1) is 17.5. The Morgan fingerprint density at radius 2 is 2.24 bits per heavy atom. The smallest absolute Gasteiger partial charge is 0.317 e. The number of carboxylic acids is 1. The van der Waals surface area contributed by atoms with Crippen LogP contribution in [0.2, 0.25) is 0 Å². The van der Waals surface area contributed by atoms with Gasteiger partial charge in [-0.2, -0.15) is 0 Å². The minimum Gasteiger partial charge on any atom is -0.481 e. The number of hydrogen-bond acceptors (Lipinski definition) is 4. The molecule has 0 aliphatic heterocycles. The predicted octanol–water partition coefficient (Wildman–Crippen LogP) is 1.81. The van der Waals surface area contributed by atoms with Crippen molar-refractivity contribution in [1.82, 2.24) is 10.2 Å². The summed E-state index contributed by atoms with van der Waals surface area (Å²) in [5.41, 5.74) is 0. The van der Waals surface area contributed by atoms with Crippen LogP contribution in [0.4, 0.5) is 4.79 Å². The average Bonchev–Trinajstić information content (AvgIpc) is 2.94. The predicted molar refractivity (Wildman–Crippen MR) is 81.7 cm³/mol. The molecule has 1 heterocycles. The zero-order chi connectivity index (χ0) is 15.8. The first-order chi connectivity index (χ1) is 9.93. The van der Waals surface area contributed by atoms with Crippen molar-refractivity contribution < 1.29 is 19.4 Å². The summed E-state index contributed by atoms with van der Waals surface area (Å²) in [7, 11) is 3.16. The number of rotatable bonds is 8. The number of carboxylic acid groups (broad SMARTS) is 1. The summed E-state index contributed by atoms with van der Waals surface area (Å²) in [6, 6.07) is 3.86. The van der Waals surface area contributed by atoms with Gasteiger partial charge in [0.25, 0.3) is 0 Å². The van der Waals surface area contributed by atoms with E-state index in [1.54, 1.807) is 23.3 Å². The molecule has 0 bridgehead atoms. The van der Waals surface area contributed by atoms with Crippen molar-refractivity contribution in [1.29, 1.82) is 0 Å². The molecule has 1 rings (SSSR count). The molecule has 2 amide bonds. The van der Waals surface area contributed by atoms with Crippen LogP contribution in [0, 0.1) is 0 Å². The Kier molecular flexibility index (Phi) is 7.18. The quantitative estimate of drug-likeness (QED) is 0.767. The van der Waals surface area contributed by atoms with E-state index in [4.69, 9.17) is 9.84 Å². The van der Waals surface area contributed by atoms with Crippen LogP contribution >= 0.6 is 11.3 Å². The Hall–Kier alpha value is -1.60. The van der Waals surface area contributed by atoms with E-state index in [0.29, 0.717) is 0 Å². The lowest BCUT2D eigenvalue weighted by Gasteiger charge is -2.25. The van der Waals surface area contributed by atoms with Crippen molar-refractivity contribution in [3.05, 3.63) is 22.4 Å². The molecule has 0 aromatic carbocycles. The van der Waals surface area contributed by atoms with Gasteiger partial charge in [-0.25, -0.2) is 4.79 Å². The SMILES string of the molecule is COC(CNC(=O)N(C)C(C)Cc1cccs1)CC(=O)O. The minimum absolute atomic E-state index is 0.0594. The fraction of sp³-hybridized carbons (Fsp3) is 0.571. The van der Waals surface area contributed by atoms with Gasteiger partial charge in [0.15, 0.2) is 0 Å². The van der Waals surface area contributed by atoms with Gasteiger partial charge in [0.2, 0.25) is 0 Å². The van der Waals surface area contributed by atoms with E-state index >= 15 is 0 Å². The van der Waals surface area contributed by atoms with Crippen molar-refractivity contribution >= 4 is 23.3 Å². The number of aliphatic carboxylic acids is 1. The third kappa shape index (κ3) is 6.14. The number of hydrogen-bond donors (Lipinski definition) is 2. The molecule has 0 aliphatic carbocycles. The number of nitrogens with zero attached hydrogens (tertiary/aromatic N) is 1. The number of carbonyl (C=O) groups excluding carboxylic acids is 1. The summed E-state index contributed by atoms with van der Waals surface area (Å²) in [5, 5.41) is 13.4. The maximum atomic E-state index is 12.0. The molecule has 2 atom stereocenters. The second-order valence-electron chi connectivity index (χ2n) is 4.89. The zero-order valence-corrected chi connectivity index (χ0v) is 13.4. The maximum absolute atomic E-state index is 12.0. The van der Waals surface area contributed by atoms with Crippen molar-refractivity contribution in [2.45, 2.75) is 31.9 Å². The molecule has 2 N–H and O–H groups in total. The van der Waals surface area contributed by atoms with E-state index in [-0.39, 0.29) is 25.0 Å². The monoisotopic (exact) mass is 314 g/mol. The number of thiophene rings is 1. The fourth-order valence-corrected chi connectivity index (χ4v) is 2.64. The van der Waals surface area contributed by atoms with Crippen LogP contribution in [0.3, 0.4) is 0 Å². The Balaban J connectivity index is 2.40. The molecule has 0 radical (unpaired) electrons. The van der Waals surface area contributed by atoms with Gasteiger partial charge >= 0.3 is 12.0 Å². The second-order valence-corrected chi connectivity index (χ2v) is 5.92. The molecule has 2 unspecified atom stereocenters. The molecule has 0 aliphatic rings. The summed E-state index contributed by atoms with van der Waals surface area (Å²) in [6.07, 6.45) is 0.141. The molecular weight excluding hydrogens is 292 g/mol. The van der Waals surface area contributed by atoms with Gasteiger partial charge in [-0.1, -0.05) is 6.07 Å². The van der Waals surface area contributed by atoms with E-state index in [9.17, 15) is 9.59 Å². The van der Waals surface area contributed by atoms with E-state index < -0.39 is 12.1 Å². The van der Waals surface area contributed by atoms with Crippen molar-refractivity contribution in [3.8, 4) is 0 Å². The number of likely N-dealkylation sites (N-methyl/N-ethyl adjacent to an activating group) is 1. The van der Waals surface area contributed by atoms with Gasteiger partial charge < -0.3 is 20.1 Å². The molecular formula is C14H22N2O4S. The van der Waals surface area contributed by atoms with Crippen LogP contribution in [0.1, 0.15) is 18.2 Å². The van der Waals surface area contributed by atoms with E-state index in [0.717, 1.165) is 6.42 Å². The lowest BCUT2D eigenvalue weighted by atomic mass is 10.2. The molecule has 0 saturated heterocycles. The fourth-order valence-electron chi connectivity index (χ4n) is 1.82. The van der Waals surface area contributed by atoms with E-state index in [2.05, 4.69) is 5.32 Å². The van der Waals surface area contributed by atoms with Gasteiger partial charge in [0.05, 0.1) is 12.5 Å². The van der Waals surface area contributed by atoms with Crippen LogP contribution in [-0.2, 0) is 16.0 Å². The first-order valence-electron chi connectivity index (χ1n) is 6.71. The minimum atomic E-state index is -0.949. The van der Waals surface area contributed by atoms with Crippen LogP contribution in [-0.4, -0.2) is 54.9 Å². The average molecular weight is 314 g/mol. The summed E-state index contributed by atoms with van der Waals surface area (Å²) in [5.74, 6) is -0.949. The first-order valence-corrected chi connectivity index (χ1v) is 7.59. The van der Waals surface area contributed by atoms with Crippen molar-refractivity contribution in [2.24, 2.45) is 0 Å². The van der Waals surface area contributed by atoms with Crippen LogP contribution in [0.25, 0.3) is 0 Å². The Morgan fingerprint density at radius 1 is 1.52 bits per heavy atom. The topological polar surface area (TPSA) is 78.9 Å². The molecule has 0 fully saturated rings.